The molecule has 1 fully saturated rings. The lowest BCUT2D eigenvalue weighted by Crippen LogP contribution is -2.39. The Hall–Kier alpha value is -1.24. The number of ketones is 1. The zero-order valence-corrected chi connectivity index (χ0v) is 22.3. The Bertz CT molecular complexity index is 802. The van der Waals surface area contributed by atoms with E-state index in [-0.39, 0.29) is 28.3 Å². The molecule has 0 aromatic carbocycles. The maximum absolute atomic E-state index is 12.8. The number of ether oxygens (including phenoxy) is 2. The van der Waals surface area contributed by atoms with Gasteiger partial charge in [0.2, 0.25) is 0 Å². The Morgan fingerprint density at radius 3 is 2.59 bits per heavy atom. The second kappa shape index (κ2) is 11.3. The van der Waals surface area contributed by atoms with E-state index in [0.29, 0.717) is 24.6 Å². The molecule has 0 spiro atoms. The molecule has 180 valence electrons. The minimum Gasteiger partial charge on any atom is -0.375 e. The maximum atomic E-state index is 12.8. The largest absolute Gasteiger partial charge is 0.375 e. The van der Waals surface area contributed by atoms with Crippen LogP contribution in [0.15, 0.2) is 11.8 Å². The summed E-state index contributed by atoms with van der Waals surface area (Å²) in [6.45, 7) is 19.6. The van der Waals surface area contributed by atoms with Crippen molar-refractivity contribution in [2.24, 2.45) is 11.3 Å². The van der Waals surface area contributed by atoms with Crippen molar-refractivity contribution < 1.29 is 14.3 Å². The molecule has 1 aromatic rings. The predicted octanol–water partition coefficient (Wildman–Crippen LogP) is 6.50. The van der Waals surface area contributed by atoms with Gasteiger partial charge in [-0.05, 0) is 65.9 Å². The van der Waals surface area contributed by atoms with Crippen molar-refractivity contribution in [1.82, 2.24) is 9.97 Å². The number of carbonyl (C=O) groups is 1. The van der Waals surface area contributed by atoms with Crippen LogP contribution in [0.2, 0.25) is 0 Å². The highest BCUT2D eigenvalue weighted by atomic mass is 32.2. The van der Waals surface area contributed by atoms with E-state index in [1.54, 1.807) is 6.20 Å². The highest BCUT2D eigenvalue weighted by Gasteiger charge is 2.33. The van der Waals surface area contributed by atoms with Gasteiger partial charge in [-0.15, -0.1) is 11.8 Å². The van der Waals surface area contributed by atoms with E-state index < -0.39 is 0 Å². The molecule has 2 atom stereocenters. The first-order chi connectivity index (χ1) is 14.8. The molecular formula is C26H42N2O3S. The summed E-state index contributed by atoms with van der Waals surface area (Å²) < 4.78 is 12.2. The Morgan fingerprint density at radius 2 is 2.06 bits per heavy atom. The fourth-order valence-corrected chi connectivity index (χ4v) is 4.54. The third-order valence-corrected chi connectivity index (χ3v) is 7.37. The van der Waals surface area contributed by atoms with Gasteiger partial charge in [0, 0.05) is 18.1 Å². The average molecular weight is 463 g/mol. The monoisotopic (exact) mass is 462 g/mol. The number of hydrogen-bond acceptors (Lipinski definition) is 6. The first kappa shape index (κ1) is 27.0. The lowest BCUT2D eigenvalue weighted by Gasteiger charge is -2.38. The van der Waals surface area contributed by atoms with Gasteiger partial charge in [-0.1, -0.05) is 26.3 Å². The average Bonchev–Trinajstić information content (AvgIpc) is 2.67. The summed E-state index contributed by atoms with van der Waals surface area (Å²) in [5, 5.41) is 0. The van der Waals surface area contributed by atoms with Crippen LogP contribution >= 0.6 is 11.8 Å². The zero-order valence-electron chi connectivity index (χ0n) is 21.4. The van der Waals surface area contributed by atoms with Crippen LogP contribution in [0.25, 0.3) is 6.08 Å². The van der Waals surface area contributed by atoms with Crippen molar-refractivity contribution in [2.75, 3.05) is 12.4 Å². The predicted molar refractivity (Wildman–Crippen MR) is 134 cm³/mol. The van der Waals surface area contributed by atoms with Crippen molar-refractivity contribution in [3.05, 3.63) is 28.9 Å². The van der Waals surface area contributed by atoms with Crippen molar-refractivity contribution in [1.29, 1.82) is 0 Å². The van der Waals surface area contributed by atoms with Crippen molar-refractivity contribution >= 4 is 23.6 Å². The molecule has 6 heteroatoms. The lowest BCUT2D eigenvalue weighted by atomic mass is 9.87. The highest BCUT2D eigenvalue weighted by molar-refractivity contribution is 8.00. The highest BCUT2D eigenvalue weighted by Crippen LogP contribution is 2.36. The Kier molecular flexibility index (Phi) is 9.50. The summed E-state index contributed by atoms with van der Waals surface area (Å²) in [4.78, 5) is 21.7. The Morgan fingerprint density at radius 1 is 1.38 bits per heavy atom. The van der Waals surface area contributed by atoms with E-state index in [0.717, 1.165) is 30.0 Å². The summed E-state index contributed by atoms with van der Waals surface area (Å²) in [6, 6.07) is 0. The molecule has 0 aliphatic carbocycles. The number of rotatable bonds is 9. The molecule has 0 bridgehead atoms. The molecule has 0 N–H and O–H groups in total. The van der Waals surface area contributed by atoms with Gasteiger partial charge in [-0.3, -0.25) is 9.78 Å². The normalized spacial score (nSPS) is 20.4. The number of aromatic nitrogens is 2. The SMILES string of the molecule is C/C(=C\c1ncc(C(=O)CCCC(OC(C)C)C2COC(C)(C)SC2)nc1C)C(C)(C)C. The van der Waals surface area contributed by atoms with Gasteiger partial charge < -0.3 is 9.47 Å². The number of carbonyl (C=O) groups excluding carboxylic acids is 1. The molecule has 2 heterocycles. The van der Waals surface area contributed by atoms with E-state index in [9.17, 15) is 4.79 Å². The summed E-state index contributed by atoms with van der Waals surface area (Å²) in [6.07, 6.45) is 6.01. The number of aryl methyl sites for hydroxylation is 1. The van der Waals surface area contributed by atoms with E-state index >= 15 is 0 Å². The van der Waals surface area contributed by atoms with Gasteiger partial charge in [0.05, 0.1) is 36.4 Å². The van der Waals surface area contributed by atoms with Crippen LogP contribution in [0, 0.1) is 18.3 Å². The minimum atomic E-state index is -0.127. The molecule has 0 saturated carbocycles. The molecule has 2 unspecified atom stereocenters. The van der Waals surface area contributed by atoms with Crippen LogP contribution in [0.3, 0.4) is 0 Å². The number of allylic oxidation sites excluding steroid dienone is 1. The molecule has 5 nitrogen and oxygen atoms in total. The molecular weight excluding hydrogens is 420 g/mol. The lowest BCUT2D eigenvalue weighted by molar-refractivity contribution is -0.0676. The first-order valence-corrected chi connectivity index (χ1v) is 12.8. The topological polar surface area (TPSA) is 61.3 Å². The van der Waals surface area contributed by atoms with Crippen molar-refractivity contribution in [3.8, 4) is 0 Å². The van der Waals surface area contributed by atoms with Crippen LogP contribution in [0.1, 0.15) is 96.5 Å². The summed E-state index contributed by atoms with van der Waals surface area (Å²) >= 11 is 1.84. The quantitative estimate of drug-likeness (QED) is 0.391. The van der Waals surface area contributed by atoms with Gasteiger partial charge in [0.1, 0.15) is 10.6 Å². The van der Waals surface area contributed by atoms with Crippen LogP contribution in [-0.2, 0) is 9.47 Å². The maximum Gasteiger partial charge on any atom is 0.182 e. The number of nitrogens with zero attached hydrogens (tertiary/aromatic N) is 2. The van der Waals surface area contributed by atoms with Crippen LogP contribution < -0.4 is 0 Å². The van der Waals surface area contributed by atoms with Crippen LogP contribution in [0.4, 0.5) is 0 Å². The number of thioether (sulfide) groups is 1. The number of Topliss-reactive ketones (excluding diaryl/α,β-unsaturated/α-hetero) is 1. The molecule has 1 aliphatic heterocycles. The van der Waals surface area contributed by atoms with Crippen LogP contribution in [-0.4, -0.2) is 45.3 Å². The molecule has 0 radical (unpaired) electrons. The molecule has 1 aromatic heterocycles. The fraction of sp³-hybridized carbons (Fsp3) is 0.731. The van der Waals surface area contributed by atoms with Crippen molar-refractivity contribution in [3.63, 3.8) is 0 Å². The standard InChI is InChI=1S/C26H42N2O3S/c1-17(2)31-24(20-15-30-26(8,9)32-16-20)12-10-11-23(29)22-14-27-21(19(4)28-22)13-18(3)25(5,6)7/h13-14,17,20,24H,10-12,15-16H2,1-9H3/b18-13+. The van der Waals surface area contributed by atoms with Gasteiger partial charge in [0.25, 0.3) is 0 Å². The second-order valence-corrected chi connectivity index (χ2v) is 12.2. The summed E-state index contributed by atoms with van der Waals surface area (Å²) in [5.41, 5.74) is 3.39. The van der Waals surface area contributed by atoms with Gasteiger partial charge in [0.15, 0.2) is 5.78 Å². The van der Waals surface area contributed by atoms with Gasteiger partial charge in [-0.25, -0.2) is 4.98 Å². The summed E-state index contributed by atoms with van der Waals surface area (Å²) in [5.74, 6) is 1.42. The van der Waals surface area contributed by atoms with E-state index in [4.69, 9.17) is 9.47 Å². The molecule has 2 rings (SSSR count). The zero-order chi connectivity index (χ0) is 24.1. The van der Waals surface area contributed by atoms with Crippen LogP contribution in [0.5, 0.6) is 0 Å². The Labute approximate surface area is 199 Å². The first-order valence-electron chi connectivity index (χ1n) is 11.8. The number of hydrogen-bond donors (Lipinski definition) is 0. The van der Waals surface area contributed by atoms with Gasteiger partial charge >= 0.3 is 0 Å². The minimum absolute atomic E-state index is 0.0439. The second-order valence-electron chi connectivity index (χ2n) is 10.6. The molecule has 0 amide bonds. The molecule has 32 heavy (non-hydrogen) atoms. The fourth-order valence-electron chi connectivity index (χ4n) is 3.46. The Balaban J connectivity index is 1.96. The smallest absolute Gasteiger partial charge is 0.182 e. The molecule has 1 aliphatic rings. The molecule has 1 saturated heterocycles. The van der Waals surface area contributed by atoms with E-state index in [1.165, 1.54) is 5.57 Å². The van der Waals surface area contributed by atoms with E-state index in [2.05, 4.69) is 71.4 Å². The van der Waals surface area contributed by atoms with Crippen molar-refractivity contribution in [2.45, 2.75) is 98.7 Å². The third-order valence-electron chi connectivity index (χ3n) is 5.96. The van der Waals surface area contributed by atoms with E-state index in [1.807, 2.05) is 18.7 Å². The van der Waals surface area contributed by atoms with Gasteiger partial charge in [-0.2, -0.15) is 0 Å². The third kappa shape index (κ3) is 8.27. The summed E-state index contributed by atoms with van der Waals surface area (Å²) in [7, 11) is 0.